The minimum absolute atomic E-state index is 0.0683. The summed E-state index contributed by atoms with van der Waals surface area (Å²) in [5.74, 6) is 0.206. The molecule has 0 bridgehead atoms. The number of hydrogen-bond acceptors (Lipinski definition) is 5. The molecule has 0 fully saturated rings. The minimum Gasteiger partial charge on any atom is -0.325 e. The third-order valence-electron chi connectivity index (χ3n) is 3.89. The Kier molecular flexibility index (Phi) is 5.38. The molecule has 0 spiro atoms. The van der Waals surface area contributed by atoms with Crippen molar-refractivity contribution in [3.8, 4) is 11.1 Å². The van der Waals surface area contributed by atoms with Gasteiger partial charge in [-0.05, 0) is 29.8 Å². The lowest BCUT2D eigenvalue weighted by molar-refractivity contribution is -0.113. The van der Waals surface area contributed by atoms with E-state index in [0.29, 0.717) is 5.02 Å². The summed E-state index contributed by atoms with van der Waals surface area (Å²) < 4.78 is 0. The molecule has 1 N–H and O–H groups in total. The molecule has 4 aromatic rings. The zero-order valence-electron chi connectivity index (χ0n) is 14.1. The van der Waals surface area contributed by atoms with Gasteiger partial charge in [-0.1, -0.05) is 53.7 Å². The highest BCUT2D eigenvalue weighted by atomic mass is 35.5. The average Bonchev–Trinajstić information content (AvgIpc) is 3.12. The van der Waals surface area contributed by atoms with Crippen LogP contribution in [0.15, 0.2) is 71.3 Å². The van der Waals surface area contributed by atoms with E-state index in [4.69, 9.17) is 11.6 Å². The number of carbonyl (C=O) groups excluding carboxylic acids is 1. The van der Waals surface area contributed by atoms with Gasteiger partial charge >= 0.3 is 0 Å². The molecule has 134 valence electrons. The number of aromatic nitrogens is 2. The maximum Gasteiger partial charge on any atom is 0.234 e. The highest BCUT2D eigenvalue weighted by molar-refractivity contribution is 8.00. The summed E-state index contributed by atoms with van der Waals surface area (Å²) in [6, 6.07) is 17.1. The monoisotopic (exact) mass is 411 g/mol. The molecule has 2 aromatic carbocycles. The number of halogens is 1. The predicted octanol–water partition coefficient (Wildman–Crippen LogP) is 5.74. The number of thioether (sulfide) groups is 1. The van der Waals surface area contributed by atoms with E-state index in [2.05, 4.69) is 20.7 Å². The Morgan fingerprint density at radius 3 is 2.63 bits per heavy atom. The van der Waals surface area contributed by atoms with Crippen LogP contribution in [0, 0.1) is 0 Å². The fourth-order valence-electron chi connectivity index (χ4n) is 2.65. The third-order valence-corrected chi connectivity index (χ3v) is 6.02. The van der Waals surface area contributed by atoms with Crippen molar-refractivity contribution in [2.24, 2.45) is 0 Å². The van der Waals surface area contributed by atoms with Crippen molar-refractivity contribution in [3.05, 3.63) is 71.3 Å². The summed E-state index contributed by atoms with van der Waals surface area (Å²) in [7, 11) is 0. The van der Waals surface area contributed by atoms with Crippen LogP contribution in [0.3, 0.4) is 0 Å². The number of carbonyl (C=O) groups is 1. The third kappa shape index (κ3) is 4.13. The molecule has 27 heavy (non-hydrogen) atoms. The van der Waals surface area contributed by atoms with Crippen molar-refractivity contribution in [3.63, 3.8) is 0 Å². The van der Waals surface area contributed by atoms with E-state index in [1.54, 1.807) is 17.7 Å². The van der Waals surface area contributed by atoms with Gasteiger partial charge in [0.25, 0.3) is 0 Å². The maximum absolute atomic E-state index is 12.3. The van der Waals surface area contributed by atoms with Crippen molar-refractivity contribution < 1.29 is 4.79 Å². The molecule has 0 aliphatic carbocycles. The summed E-state index contributed by atoms with van der Waals surface area (Å²) >= 11 is 8.98. The highest BCUT2D eigenvalue weighted by Crippen LogP contribution is 2.38. The lowest BCUT2D eigenvalue weighted by Gasteiger charge is -2.07. The number of thiophene rings is 1. The second-order valence-corrected chi connectivity index (χ2v) is 7.98. The summed E-state index contributed by atoms with van der Waals surface area (Å²) in [5, 5.41) is 7.43. The van der Waals surface area contributed by atoms with E-state index in [1.807, 2.05) is 54.6 Å². The zero-order valence-corrected chi connectivity index (χ0v) is 16.4. The molecule has 2 heterocycles. The van der Waals surface area contributed by atoms with Crippen molar-refractivity contribution in [1.82, 2.24) is 9.97 Å². The van der Waals surface area contributed by atoms with E-state index in [1.165, 1.54) is 11.8 Å². The summed E-state index contributed by atoms with van der Waals surface area (Å²) in [6.45, 7) is 0. The molecule has 0 radical (unpaired) electrons. The van der Waals surface area contributed by atoms with Gasteiger partial charge in [0, 0.05) is 21.7 Å². The van der Waals surface area contributed by atoms with E-state index in [0.717, 1.165) is 32.1 Å². The van der Waals surface area contributed by atoms with Gasteiger partial charge in [-0.3, -0.25) is 4.79 Å². The Bertz CT molecular complexity index is 1080. The molecule has 7 heteroatoms. The molecule has 0 saturated heterocycles. The summed E-state index contributed by atoms with van der Waals surface area (Å²) in [6.07, 6.45) is 1.54. The molecular formula is C20H14ClN3OS2. The maximum atomic E-state index is 12.3. The number of nitrogens with one attached hydrogen (secondary N) is 1. The number of amides is 1. The van der Waals surface area contributed by atoms with Gasteiger partial charge in [0.05, 0.1) is 11.1 Å². The fraction of sp³-hybridized carbons (Fsp3) is 0.0500. The quantitative estimate of drug-likeness (QED) is 0.336. The molecular weight excluding hydrogens is 398 g/mol. The van der Waals surface area contributed by atoms with Crippen LogP contribution in [0.5, 0.6) is 0 Å². The number of benzene rings is 2. The van der Waals surface area contributed by atoms with Crippen LogP contribution >= 0.6 is 34.7 Å². The highest BCUT2D eigenvalue weighted by Gasteiger charge is 2.15. The topological polar surface area (TPSA) is 54.9 Å². The Balaban J connectivity index is 1.57. The lowest BCUT2D eigenvalue weighted by atomic mass is 10.1. The number of nitrogens with zero attached hydrogens (tertiary/aromatic N) is 2. The minimum atomic E-state index is -0.0683. The largest absolute Gasteiger partial charge is 0.325 e. The molecule has 0 atom stereocenters. The van der Waals surface area contributed by atoms with Crippen LogP contribution in [-0.2, 0) is 4.79 Å². The number of fused-ring (bicyclic) bond motifs is 1. The van der Waals surface area contributed by atoms with Crippen molar-refractivity contribution in [1.29, 1.82) is 0 Å². The van der Waals surface area contributed by atoms with Crippen LogP contribution in [0.1, 0.15) is 0 Å². The average molecular weight is 412 g/mol. The van der Waals surface area contributed by atoms with Crippen LogP contribution in [0.2, 0.25) is 5.02 Å². The smallest absolute Gasteiger partial charge is 0.234 e. The van der Waals surface area contributed by atoms with Gasteiger partial charge < -0.3 is 5.32 Å². The molecule has 0 unspecified atom stereocenters. The van der Waals surface area contributed by atoms with Gasteiger partial charge in [-0.15, -0.1) is 11.3 Å². The predicted molar refractivity (Wildman–Crippen MR) is 114 cm³/mol. The van der Waals surface area contributed by atoms with Gasteiger partial charge in [0.15, 0.2) is 0 Å². The Morgan fingerprint density at radius 1 is 1.07 bits per heavy atom. The number of hydrogen-bond donors (Lipinski definition) is 1. The second-order valence-electron chi connectivity index (χ2n) is 5.72. The number of anilines is 1. The van der Waals surface area contributed by atoms with Crippen molar-refractivity contribution in [2.45, 2.75) is 5.03 Å². The first-order chi connectivity index (χ1) is 13.2. The summed E-state index contributed by atoms with van der Waals surface area (Å²) in [5.41, 5.74) is 2.89. The molecule has 0 aliphatic heterocycles. The first-order valence-corrected chi connectivity index (χ1v) is 10.4. The van der Waals surface area contributed by atoms with Crippen LogP contribution in [-0.4, -0.2) is 21.6 Å². The van der Waals surface area contributed by atoms with E-state index >= 15 is 0 Å². The van der Waals surface area contributed by atoms with Gasteiger partial charge in [-0.25, -0.2) is 9.97 Å². The molecule has 4 nitrogen and oxygen atoms in total. The van der Waals surface area contributed by atoms with Crippen molar-refractivity contribution >= 4 is 56.5 Å². The van der Waals surface area contributed by atoms with Crippen molar-refractivity contribution in [2.75, 3.05) is 11.1 Å². The van der Waals surface area contributed by atoms with Crippen LogP contribution < -0.4 is 5.32 Å². The molecule has 1 amide bonds. The van der Waals surface area contributed by atoms with Gasteiger partial charge in [0.1, 0.15) is 16.2 Å². The molecule has 4 rings (SSSR count). The molecule has 0 saturated carbocycles. The van der Waals surface area contributed by atoms with Crippen LogP contribution in [0.25, 0.3) is 21.3 Å². The Morgan fingerprint density at radius 2 is 1.85 bits per heavy atom. The first-order valence-electron chi connectivity index (χ1n) is 8.16. The molecule has 2 aromatic heterocycles. The number of rotatable bonds is 5. The summed E-state index contributed by atoms with van der Waals surface area (Å²) in [4.78, 5) is 22.0. The lowest BCUT2D eigenvalue weighted by Crippen LogP contribution is -2.14. The van der Waals surface area contributed by atoms with E-state index in [-0.39, 0.29) is 11.7 Å². The first kappa shape index (κ1) is 18.0. The van der Waals surface area contributed by atoms with E-state index < -0.39 is 0 Å². The molecule has 0 aliphatic rings. The van der Waals surface area contributed by atoms with Crippen LogP contribution in [0.4, 0.5) is 5.69 Å². The Hall–Kier alpha value is -2.41. The number of para-hydroxylation sites is 1. The van der Waals surface area contributed by atoms with Gasteiger partial charge in [0.2, 0.25) is 5.91 Å². The van der Waals surface area contributed by atoms with E-state index in [9.17, 15) is 4.79 Å². The normalized spacial score (nSPS) is 10.9. The standard InChI is InChI=1S/C20H14ClN3OS2/c21-14-8-6-13(7-9-14)16-10-26-19-18(16)20(23-12-22-19)27-11-17(25)24-15-4-2-1-3-5-15/h1-10,12H,11H2,(H,24,25). The fourth-order valence-corrected chi connectivity index (χ4v) is 4.57. The Labute approximate surface area is 169 Å². The second kappa shape index (κ2) is 8.08. The SMILES string of the molecule is O=C(CSc1ncnc2scc(-c3ccc(Cl)cc3)c12)Nc1ccccc1. The van der Waals surface area contributed by atoms with Gasteiger partial charge in [-0.2, -0.15) is 0 Å². The zero-order chi connectivity index (χ0) is 18.6.